The predicted octanol–water partition coefficient (Wildman–Crippen LogP) is 1.71. The highest BCUT2D eigenvalue weighted by atomic mass is 16.6. The highest BCUT2D eigenvalue weighted by molar-refractivity contribution is 5.68. The Morgan fingerprint density at radius 3 is 2.71 bits per heavy atom. The van der Waals surface area contributed by atoms with Crippen LogP contribution < -0.4 is 5.32 Å². The second kappa shape index (κ2) is 4.92. The Hall–Kier alpha value is -1.28. The van der Waals surface area contributed by atoms with Crippen LogP contribution in [0.2, 0.25) is 0 Å². The summed E-state index contributed by atoms with van der Waals surface area (Å²) in [5, 5.41) is 21.6. The number of carbonyl (C=O) groups is 1. The monoisotopic (exact) mass is 240 g/mol. The minimum absolute atomic E-state index is 0.393. The molecule has 0 aromatic carbocycles. The number of nitrogens with zero attached hydrogens (tertiary/aromatic N) is 1. The van der Waals surface area contributed by atoms with E-state index in [0.29, 0.717) is 12.8 Å². The molecule has 2 N–H and O–H groups in total. The van der Waals surface area contributed by atoms with Crippen molar-refractivity contribution in [3.05, 3.63) is 0 Å². The molecule has 0 aliphatic heterocycles. The number of amides is 1. The fourth-order valence-corrected chi connectivity index (χ4v) is 1.93. The number of aliphatic hydroxyl groups is 1. The second-order valence-corrected chi connectivity index (χ2v) is 5.48. The van der Waals surface area contributed by atoms with Gasteiger partial charge in [0, 0.05) is 0 Å². The van der Waals surface area contributed by atoms with Gasteiger partial charge in [0.25, 0.3) is 0 Å². The molecule has 0 heterocycles. The summed E-state index contributed by atoms with van der Waals surface area (Å²) in [6.45, 7) is 5.30. The number of hydrogen-bond acceptors (Lipinski definition) is 4. The highest BCUT2D eigenvalue weighted by Crippen LogP contribution is 2.28. The van der Waals surface area contributed by atoms with Crippen molar-refractivity contribution in [2.24, 2.45) is 0 Å². The van der Waals surface area contributed by atoms with Crippen molar-refractivity contribution in [3.8, 4) is 6.07 Å². The van der Waals surface area contributed by atoms with Crippen molar-refractivity contribution in [3.63, 3.8) is 0 Å². The lowest BCUT2D eigenvalue weighted by Gasteiger charge is -2.35. The first-order valence-corrected chi connectivity index (χ1v) is 5.90. The van der Waals surface area contributed by atoms with E-state index in [1.165, 1.54) is 0 Å². The minimum Gasteiger partial charge on any atom is -0.444 e. The fourth-order valence-electron chi connectivity index (χ4n) is 1.93. The highest BCUT2D eigenvalue weighted by Gasteiger charge is 2.40. The minimum atomic E-state index is -1.46. The third-order valence-electron chi connectivity index (χ3n) is 2.76. The van der Waals surface area contributed by atoms with Crippen LogP contribution in [0.3, 0.4) is 0 Å². The van der Waals surface area contributed by atoms with Crippen molar-refractivity contribution in [1.82, 2.24) is 5.32 Å². The number of rotatable bonds is 1. The number of hydrogen-bond donors (Lipinski definition) is 2. The Kier molecular flexibility index (Phi) is 3.99. The molecule has 1 saturated carbocycles. The van der Waals surface area contributed by atoms with Crippen LogP contribution in [-0.2, 0) is 4.74 Å². The number of carbonyl (C=O) groups excluding carboxylic acids is 1. The lowest BCUT2D eigenvalue weighted by Crippen LogP contribution is -2.54. The summed E-state index contributed by atoms with van der Waals surface area (Å²) < 4.78 is 5.11. The third kappa shape index (κ3) is 3.90. The van der Waals surface area contributed by atoms with E-state index < -0.39 is 23.3 Å². The summed E-state index contributed by atoms with van der Waals surface area (Å²) in [6, 6.07) is 1.34. The summed E-state index contributed by atoms with van der Waals surface area (Å²) in [5.74, 6) is 0. The van der Waals surface area contributed by atoms with Crippen LogP contribution in [0.4, 0.5) is 4.79 Å². The maximum absolute atomic E-state index is 11.6. The molecule has 5 heteroatoms. The molecule has 0 bridgehead atoms. The van der Waals surface area contributed by atoms with Gasteiger partial charge in [-0.1, -0.05) is 6.42 Å². The van der Waals surface area contributed by atoms with Gasteiger partial charge in [-0.3, -0.25) is 0 Å². The number of nitriles is 1. The molecule has 1 rings (SSSR count). The largest absolute Gasteiger partial charge is 0.444 e. The molecule has 17 heavy (non-hydrogen) atoms. The second-order valence-electron chi connectivity index (χ2n) is 5.48. The van der Waals surface area contributed by atoms with Crippen molar-refractivity contribution in [1.29, 1.82) is 5.26 Å². The van der Waals surface area contributed by atoms with Gasteiger partial charge < -0.3 is 15.2 Å². The van der Waals surface area contributed by atoms with E-state index in [-0.39, 0.29) is 0 Å². The number of nitrogens with one attached hydrogen (secondary N) is 1. The van der Waals surface area contributed by atoms with Gasteiger partial charge in [-0.2, -0.15) is 5.26 Å². The summed E-state index contributed by atoms with van der Waals surface area (Å²) in [5.41, 5.74) is -2.04. The lowest BCUT2D eigenvalue weighted by molar-refractivity contribution is 0.00854. The molecule has 2 unspecified atom stereocenters. The molecule has 5 nitrogen and oxygen atoms in total. The van der Waals surface area contributed by atoms with Crippen LogP contribution in [0.25, 0.3) is 0 Å². The molecule has 0 saturated heterocycles. The Bertz CT molecular complexity index is 330. The molecule has 1 aliphatic rings. The number of alkyl carbamates (subject to hydrolysis) is 1. The first kappa shape index (κ1) is 13.8. The molecule has 2 atom stereocenters. The third-order valence-corrected chi connectivity index (χ3v) is 2.76. The Morgan fingerprint density at radius 2 is 2.18 bits per heavy atom. The first-order valence-electron chi connectivity index (χ1n) is 5.90. The molecule has 1 amide bonds. The van der Waals surface area contributed by atoms with Crippen LogP contribution >= 0.6 is 0 Å². The van der Waals surface area contributed by atoms with Crippen molar-refractivity contribution < 1.29 is 14.6 Å². The maximum Gasteiger partial charge on any atom is 0.408 e. The smallest absolute Gasteiger partial charge is 0.408 e. The Morgan fingerprint density at radius 1 is 1.53 bits per heavy atom. The lowest BCUT2D eigenvalue weighted by atomic mass is 9.81. The molecule has 1 fully saturated rings. The zero-order valence-electron chi connectivity index (χ0n) is 10.6. The zero-order valence-corrected chi connectivity index (χ0v) is 10.6. The predicted molar refractivity (Wildman–Crippen MR) is 62.2 cm³/mol. The van der Waals surface area contributed by atoms with Gasteiger partial charge in [0.15, 0.2) is 5.60 Å². The van der Waals surface area contributed by atoms with E-state index in [0.717, 1.165) is 12.8 Å². The number of ether oxygens (including phenoxy) is 1. The topological polar surface area (TPSA) is 82.3 Å². The fraction of sp³-hybridized carbons (Fsp3) is 0.833. The normalized spacial score (nSPS) is 29.2. The van der Waals surface area contributed by atoms with Crippen molar-refractivity contribution >= 4 is 6.09 Å². The van der Waals surface area contributed by atoms with Crippen LogP contribution in [0.15, 0.2) is 0 Å². The van der Waals surface area contributed by atoms with Gasteiger partial charge in [-0.05, 0) is 40.0 Å². The SMILES string of the molecule is CC(C)(C)OC(=O)NC1CCCCC1(O)C#N. The van der Waals surface area contributed by atoms with Gasteiger partial charge >= 0.3 is 6.09 Å². The van der Waals surface area contributed by atoms with Crippen LogP contribution in [0, 0.1) is 11.3 Å². The van der Waals surface area contributed by atoms with Crippen LogP contribution in [0.5, 0.6) is 0 Å². The quantitative estimate of drug-likeness (QED) is 0.683. The summed E-state index contributed by atoms with van der Waals surface area (Å²) >= 11 is 0. The molecule has 0 aromatic heterocycles. The molecule has 0 radical (unpaired) electrons. The van der Waals surface area contributed by atoms with E-state index in [1.54, 1.807) is 20.8 Å². The van der Waals surface area contributed by atoms with E-state index in [4.69, 9.17) is 10.00 Å². The van der Waals surface area contributed by atoms with E-state index in [1.807, 2.05) is 6.07 Å². The standard InChI is InChI=1S/C12H20N2O3/c1-11(2,3)17-10(15)14-9-6-4-5-7-12(9,16)8-13/h9,16H,4-7H2,1-3H3,(H,14,15). The average molecular weight is 240 g/mol. The van der Waals surface area contributed by atoms with Gasteiger partial charge in [0.2, 0.25) is 0 Å². The molecular formula is C12H20N2O3. The molecule has 96 valence electrons. The Balaban J connectivity index is 2.61. The first-order chi connectivity index (χ1) is 7.77. The average Bonchev–Trinajstić information content (AvgIpc) is 2.19. The zero-order chi connectivity index (χ0) is 13.1. The van der Waals surface area contributed by atoms with Crippen molar-refractivity contribution in [2.45, 2.75) is 63.7 Å². The summed E-state index contributed by atoms with van der Waals surface area (Å²) in [6.07, 6.45) is 2.10. The van der Waals surface area contributed by atoms with Crippen LogP contribution in [-0.4, -0.2) is 28.4 Å². The molecule has 0 aromatic rings. The summed E-state index contributed by atoms with van der Waals surface area (Å²) in [4.78, 5) is 11.6. The van der Waals surface area contributed by atoms with E-state index >= 15 is 0 Å². The van der Waals surface area contributed by atoms with Gasteiger partial charge in [0.1, 0.15) is 5.60 Å². The molecule has 0 spiro atoms. The molecular weight excluding hydrogens is 220 g/mol. The van der Waals surface area contributed by atoms with E-state index in [2.05, 4.69) is 5.32 Å². The summed E-state index contributed by atoms with van der Waals surface area (Å²) in [7, 11) is 0. The van der Waals surface area contributed by atoms with Crippen molar-refractivity contribution in [2.75, 3.05) is 0 Å². The van der Waals surface area contributed by atoms with Gasteiger partial charge in [-0.15, -0.1) is 0 Å². The van der Waals surface area contributed by atoms with E-state index in [9.17, 15) is 9.90 Å². The maximum atomic E-state index is 11.6. The Labute approximate surface area is 102 Å². The van der Waals surface area contributed by atoms with Gasteiger partial charge in [0.05, 0.1) is 12.1 Å². The van der Waals surface area contributed by atoms with Gasteiger partial charge in [-0.25, -0.2) is 4.79 Å². The molecule has 1 aliphatic carbocycles. The van der Waals surface area contributed by atoms with Crippen LogP contribution in [0.1, 0.15) is 46.5 Å².